The highest BCUT2D eigenvalue weighted by molar-refractivity contribution is 5.37. The molecule has 0 bridgehead atoms. The molecule has 1 atom stereocenters. The van der Waals surface area contributed by atoms with Crippen LogP contribution in [0, 0.1) is 0 Å². The van der Waals surface area contributed by atoms with Gasteiger partial charge in [0.25, 0.3) is 0 Å². The van der Waals surface area contributed by atoms with E-state index in [2.05, 4.69) is 29.2 Å². The Morgan fingerprint density at radius 3 is 2.81 bits per heavy atom. The van der Waals surface area contributed by atoms with Crippen molar-refractivity contribution in [2.75, 3.05) is 6.61 Å². The lowest BCUT2D eigenvalue weighted by atomic mass is 9.96. The van der Waals surface area contributed by atoms with Crippen molar-refractivity contribution in [3.8, 4) is 5.75 Å². The molecule has 112 valence electrons. The first-order valence-electron chi connectivity index (χ1n) is 7.26. The van der Waals surface area contributed by atoms with E-state index in [1.807, 2.05) is 24.5 Å². The molecule has 0 fully saturated rings. The van der Waals surface area contributed by atoms with E-state index >= 15 is 0 Å². The van der Waals surface area contributed by atoms with Crippen LogP contribution < -0.4 is 16.0 Å². The summed E-state index contributed by atoms with van der Waals surface area (Å²) in [5, 5.41) is 0. The molecule has 0 aliphatic rings. The SMILES string of the molecule is CCCOc1cncc(C(NN)c2ccncc2CC)c1. The molecular formula is C16H22N4O. The van der Waals surface area contributed by atoms with Crippen LogP contribution in [0.4, 0.5) is 0 Å². The van der Waals surface area contributed by atoms with Crippen molar-refractivity contribution >= 4 is 0 Å². The Labute approximate surface area is 125 Å². The Morgan fingerprint density at radius 2 is 2.10 bits per heavy atom. The van der Waals surface area contributed by atoms with Crippen LogP contribution >= 0.6 is 0 Å². The molecule has 1 unspecified atom stereocenters. The molecule has 0 aliphatic heterocycles. The third kappa shape index (κ3) is 3.77. The van der Waals surface area contributed by atoms with E-state index in [9.17, 15) is 0 Å². The predicted molar refractivity (Wildman–Crippen MR) is 82.8 cm³/mol. The van der Waals surface area contributed by atoms with Crippen molar-refractivity contribution in [3.63, 3.8) is 0 Å². The van der Waals surface area contributed by atoms with Gasteiger partial charge in [-0.3, -0.25) is 15.8 Å². The van der Waals surface area contributed by atoms with E-state index in [1.54, 1.807) is 12.4 Å². The van der Waals surface area contributed by atoms with Gasteiger partial charge in [0.05, 0.1) is 18.8 Å². The van der Waals surface area contributed by atoms with E-state index in [1.165, 1.54) is 5.56 Å². The molecule has 0 spiro atoms. The smallest absolute Gasteiger partial charge is 0.137 e. The van der Waals surface area contributed by atoms with Gasteiger partial charge in [-0.1, -0.05) is 13.8 Å². The van der Waals surface area contributed by atoms with Crippen LogP contribution in [-0.4, -0.2) is 16.6 Å². The number of hydrazine groups is 1. The van der Waals surface area contributed by atoms with E-state index in [0.29, 0.717) is 6.61 Å². The van der Waals surface area contributed by atoms with Gasteiger partial charge in [0.1, 0.15) is 5.75 Å². The average Bonchev–Trinajstić information content (AvgIpc) is 2.54. The molecule has 0 amide bonds. The number of nitrogens with one attached hydrogen (secondary N) is 1. The highest BCUT2D eigenvalue weighted by Gasteiger charge is 2.16. The molecule has 2 aromatic rings. The predicted octanol–water partition coefficient (Wildman–Crippen LogP) is 2.38. The van der Waals surface area contributed by atoms with E-state index in [4.69, 9.17) is 10.6 Å². The molecule has 0 saturated heterocycles. The Morgan fingerprint density at radius 1 is 1.24 bits per heavy atom. The number of ether oxygens (including phenoxy) is 1. The van der Waals surface area contributed by atoms with Gasteiger partial charge >= 0.3 is 0 Å². The zero-order valence-electron chi connectivity index (χ0n) is 12.5. The third-order valence-corrected chi connectivity index (χ3v) is 3.34. The van der Waals surface area contributed by atoms with Crippen LogP contribution in [0.2, 0.25) is 0 Å². The zero-order valence-corrected chi connectivity index (χ0v) is 12.5. The summed E-state index contributed by atoms with van der Waals surface area (Å²) in [6, 6.07) is 3.84. The van der Waals surface area contributed by atoms with Crippen LogP contribution in [-0.2, 0) is 6.42 Å². The largest absolute Gasteiger partial charge is 0.492 e. The van der Waals surface area contributed by atoms with E-state index in [-0.39, 0.29) is 6.04 Å². The summed E-state index contributed by atoms with van der Waals surface area (Å²) in [4.78, 5) is 8.43. The van der Waals surface area contributed by atoms with Crippen LogP contribution in [0.5, 0.6) is 5.75 Å². The standard InChI is InChI=1S/C16H22N4O/c1-3-7-21-14-8-13(10-19-11-14)16(20-17)15-5-6-18-9-12(15)4-2/h5-6,8-11,16,20H,3-4,7,17H2,1-2H3. The van der Waals surface area contributed by atoms with Crippen LogP contribution in [0.15, 0.2) is 36.9 Å². The lowest BCUT2D eigenvalue weighted by Gasteiger charge is -2.19. The number of nitrogens with two attached hydrogens (primary N) is 1. The number of aromatic nitrogens is 2. The van der Waals surface area contributed by atoms with Crippen molar-refractivity contribution < 1.29 is 4.74 Å². The minimum absolute atomic E-state index is 0.124. The van der Waals surface area contributed by atoms with Crippen molar-refractivity contribution in [1.82, 2.24) is 15.4 Å². The quantitative estimate of drug-likeness (QED) is 0.604. The first-order chi connectivity index (χ1) is 10.3. The maximum atomic E-state index is 5.77. The lowest BCUT2D eigenvalue weighted by Crippen LogP contribution is -2.29. The van der Waals surface area contributed by atoms with Crippen molar-refractivity contribution in [3.05, 3.63) is 53.6 Å². The summed E-state index contributed by atoms with van der Waals surface area (Å²) in [5.41, 5.74) is 6.13. The highest BCUT2D eigenvalue weighted by atomic mass is 16.5. The van der Waals surface area contributed by atoms with E-state index < -0.39 is 0 Å². The highest BCUT2D eigenvalue weighted by Crippen LogP contribution is 2.26. The van der Waals surface area contributed by atoms with Gasteiger partial charge in [0, 0.05) is 18.6 Å². The summed E-state index contributed by atoms with van der Waals surface area (Å²) >= 11 is 0. The fourth-order valence-corrected chi connectivity index (χ4v) is 2.27. The maximum absolute atomic E-state index is 5.77. The Balaban J connectivity index is 2.32. The molecule has 0 radical (unpaired) electrons. The van der Waals surface area contributed by atoms with Crippen molar-refractivity contribution in [2.45, 2.75) is 32.7 Å². The van der Waals surface area contributed by atoms with Gasteiger partial charge in [0.15, 0.2) is 0 Å². The molecule has 21 heavy (non-hydrogen) atoms. The van der Waals surface area contributed by atoms with Crippen molar-refractivity contribution in [2.24, 2.45) is 5.84 Å². The van der Waals surface area contributed by atoms with Gasteiger partial charge in [-0.25, -0.2) is 5.43 Å². The van der Waals surface area contributed by atoms with Gasteiger partial charge in [-0.15, -0.1) is 0 Å². The molecule has 5 heteroatoms. The second-order valence-corrected chi connectivity index (χ2v) is 4.83. The zero-order chi connectivity index (χ0) is 15.1. The molecule has 3 N–H and O–H groups in total. The summed E-state index contributed by atoms with van der Waals surface area (Å²) in [5.74, 6) is 6.54. The summed E-state index contributed by atoms with van der Waals surface area (Å²) in [7, 11) is 0. The first kappa shape index (κ1) is 15.4. The van der Waals surface area contributed by atoms with E-state index in [0.717, 1.165) is 29.7 Å². The second kappa shape index (κ2) is 7.71. The number of aryl methyl sites for hydroxylation is 1. The lowest BCUT2D eigenvalue weighted by molar-refractivity contribution is 0.315. The normalized spacial score (nSPS) is 12.1. The number of hydrogen-bond acceptors (Lipinski definition) is 5. The van der Waals surface area contributed by atoms with Gasteiger partial charge in [-0.05, 0) is 41.7 Å². The van der Waals surface area contributed by atoms with Gasteiger partial charge < -0.3 is 4.74 Å². The van der Waals surface area contributed by atoms with Crippen LogP contribution in [0.1, 0.15) is 43.0 Å². The second-order valence-electron chi connectivity index (χ2n) is 4.83. The molecule has 0 aliphatic carbocycles. The van der Waals surface area contributed by atoms with Gasteiger partial charge in [-0.2, -0.15) is 0 Å². The van der Waals surface area contributed by atoms with Crippen LogP contribution in [0.3, 0.4) is 0 Å². The Bertz CT molecular complexity index is 574. The molecule has 0 aromatic carbocycles. The minimum atomic E-state index is -0.124. The third-order valence-electron chi connectivity index (χ3n) is 3.34. The number of hydrogen-bond donors (Lipinski definition) is 2. The topological polar surface area (TPSA) is 73.1 Å². The fourth-order valence-electron chi connectivity index (χ4n) is 2.27. The number of nitrogens with zero attached hydrogens (tertiary/aromatic N) is 2. The van der Waals surface area contributed by atoms with Crippen LogP contribution in [0.25, 0.3) is 0 Å². The van der Waals surface area contributed by atoms with Crippen molar-refractivity contribution in [1.29, 1.82) is 0 Å². The number of rotatable bonds is 7. The first-order valence-corrected chi connectivity index (χ1v) is 7.26. The molecule has 0 saturated carbocycles. The molecule has 5 nitrogen and oxygen atoms in total. The molecule has 2 rings (SSSR count). The summed E-state index contributed by atoms with van der Waals surface area (Å²) in [6.45, 7) is 4.86. The molecular weight excluding hydrogens is 264 g/mol. The number of pyridine rings is 2. The summed E-state index contributed by atoms with van der Waals surface area (Å²) < 4.78 is 5.64. The molecule has 2 aromatic heterocycles. The molecule has 2 heterocycles. The Kier molecular flexibility index (Phi) is 5.66. The van der Waals surface area contributed by atoms with Gasteiger partial charge in [0.2, 0.25) is 0 Å². The summed E-state index contributed by atoms with van der Waals surface area (Å²) in [6.07, 6.45) is 9.06. The fraction of sp³-hybridized carbons (Fsp3) is 0.375. The Hall–Kier alpha value is -1.98. The average molecular weight is 286 g/mol. The minimum Gasteiger partial charge on any atom is -0.492 e. The monoisotopic (exact) mass is 286 g/mol. The maximum Gasteiger partial charge on any atom is 0.137 e.